The van der Waals surface area contributed by atoms with Crippen LogP contribution in [0.4, 0.5) is 0 Å². The molecule has 1 aromatic heterocycles. The van der Waals surface area contributed by atoms with Crippen molar-refractivity contribution in [2.45, 2.75) is 18.9 Å². The van der Waals surface area contributed by atoms with Crippen LogP contribution in [0.3, 0.4) is 0 Å². The van der Waals surface area contributed by atoms with Gasteiger partial charge < -0.3 is 9.73 Å². The van der Waals surface area contributed by atoms with E-state index < -0.39 is 0 Å². The molecule has 0 aliphatic carbocycles. The molecule has 3 rings (SSSR count). The summed E-state index contributed by atoms with van der Waals surface area (Å²) < 4.78 is 5.57. The van der Waals surface area contributed by atoms with Gasteiger partial charge in [-0.15, -0.1) is 0 Å². The van der Waals surface area contributed by atoms with Crippen LogP contribution in [-0.2, 0) is 12.0 Å². The van der Waals surface area contributed by atoms with Crippen molar-refractivity contribution in [3.63, 3.8) is 0 Å². The van der Waals surface area contributed by atoms with Gasteiger partial charge in [-0.25, -0.2) is 0 Å². The number of nitrogens with one attached hydrogen (secondary N) is 1. The largest absolute Gasteiger partial charge is 0.467 e. The summed E-state index contributed by atoms with van der Waals surface area (Å²) in [4.78, 5) is 0. The van der Waals surface area contributed by atoms with Gasteiger partial charge in [0.05, 0.1) is 11.8 Å². The minimum Gasteiger partial charge on any atom is -0.467 e. The number of benzene rings is 1. The zero-order valence-corrected chi connectivity index (χ0v) is 9.36. The van der Waals surface area contributed by atoms with Crippen molar-refractivity contribution >= 4 is 0 Å². The third kappa shape index (κ3) is 1.30. The van der Waals surface area contributed by atoms with Crippen LogP contribution < -0.4 is 5.32 Å². The molecule has 82 valence electrons. The highest BCUT2D eigenvalue weighted by Gasteiger charge is 2.35. The van der Waals surface area contributed by atoms with Crippen molar-refractivity contribution in [1.29, 1.82) is 0 Å². The molecule has 0 spiro atoms. The van der Waals surface area contributed by atoms with Crippen LogP contribution in [0.15, 0.2) is 47.1 Å². The maximum Gasteiger partial charge on any atom is 0.128 e. The van der Waals surface area contributed by atoms with Gasteiger partial charge in [-0.3, -0.25) is 0 Å². The average molecular weight is 213 g/mol. The van der Waals surface area contributed by atoms with E-state index in [4.69, 9.17) is 4.42 Å². The Labute approximate surface area is 95.3 Å². The van der Waals surface area contributed by atoms with Gasteiger partial charge >= 0.3 is 0 Å². The Bertz CT molecular complexity index is 489. The fourth-order valence-corrected chi connectivity index (χ4v) is 2.55. The van der Waals surface area contributed by atoms with E-state index in [1.807, 2.05) is 12.1 Å². The zero-order valence-electron chi connectivity index (χ0n) is 9.36. The zero-order chi connectivity index (χ0) is 11.0. The Morgan fingerprint density at radius 2 is 2.06 bits per heavy atom. The van der Waals surface area contributed by atoms with Gasteiger partial charge in [0.15, 0.2) is 0 Å². The molecule has 0 fully saturated rings. The number of hydrogen-bond donors (Lipinski definition) is 1. The highest BCUT2D eigenvalue weighted by molar-refractivity contribution is 5.41. The summed E-state index contributed by atoms with van der Waals surface area (Å²) in [5.41, 5.74) is 2.56. The standard InChI is InChI=1S/C14H15NO/c1-14(13-7-4-10-16-13)12-6-3-2-5-11(12)8-9-15-14/h2-7,10,15H,8-9H2,1H3. The first-order valence-corrected chi connectivity index (χ1v) is 5.68. The Morgan fingerprint density at radius 3 is 2.88 bits per heavy atom. The summed E-state index contributed by atoms with van der Waals surface area (Å²) in [6.07, 6.45) is 2.83. The topological polar surface area (TPSA) is 25.2 Å². The number of hydrogen-bond acceptors (Lipinski definition) is 2. The van der Waals surface area contributed by atoms with Gasteiger partial charge in [-0.1, -0.05) is 24.3 Å². The van der Waals surface area contributed by atoms with E-state index in [2.05, 4.69) is 36.5 Å². The van der Waals surface area contributed by atoms with Crippen LogP contribution in [0.1, 0.15) is 23.8 Å². The smallest absolute Gasteiger partial charge is 0.128 e. The molecule has 1 N–H and O–H groups in total. The van der Waals surface area contributed by atoms with Crippen LogP contribution in [0, 0.1) is 0 Å². The summed E-state index contributed by atoms with van der Waals surface area (Å²) >= 11 is 0. The minimum atomic E-state index is -0.182. The maximum absolute atomic E-state index is 5.57. The fraction of sp³-hybridized carbons (Fsp3) is 0.286. The quantitative estimate of drug-likeness (QED) is 0.788. The molecule has 0 saturated heterocycles. The molecule has 0 radical (unpaired) electrons. The second-order valence-electron chi connectivity index (χ2n) is 4.44. The highest BCUT2D eigenvalue weighted by atomic mass is 16.3. The Balaban J connectivity index is 2.17. The first-order valence-electron chi connectivity index (χ1n) is 5.68. The van der Waals surface area contributed by atoms with Crippen LogP contribution in [0.2, 0.25) is 0 Å². The fourth-order valence-electron chi connectivity index (χ4n) is 2.55. The molecule has 2 heterocycles. The second kappa shape index (κ2) is 3.49. The third-order valence-electron chi connectivity index (χ3n) is 3.44. The van der Waals surface area contributed by atoms with Crippen molar-refractivity contribution in [3.05, 3.63) is 59.5 Å². The lowest BCUT2D eigenvalue weighted by molar-refractivity contribution is 0.332. The van der Waals surface area contributed by atoms with Crippen LogP contribution in [0.25, 0.3) is 0 Å². The molecule has 0 bridgehead atoms. The second-order valence-corrected chi connectivity index (χ2v) is 4.44. The summed E-state index contributed by atoms with van der Waals surface area (Å²) in [6.45, 7) is 3.18. The summed E-state index contributed by atoms with van der Waals surface area (Å²) in [7, 11) is 0. The molecule has 1 aromatic carbocycles. The molecular weight excluding hydrogens is 198 g/mol. The maximum atomic E-state index is 5.57. The van der Waals surface area contributed by atoms with Gasteiger partial charge in [-0.2, -0.15) is 0 Å². The SMILES string of the molecule is CC1(c2ccco2)NCCc2ccccc21. The van der Waals surface area contributed by atoms with Crippen molar-refractivity contribution in [3.8, 4) is 0 Å². The van der Waals surface area contributed by atoms with E-state index in [1.54, 1.807) is 6.26 Å². The summed E-state index contributed by atoms with van der Waals surface area (Å²) in [6, 6.07) is 12.6. The predicted octanol–water partition coefficient (Wildman–Crippen LogP) is 2.69. The lowest BCUT2D eigenvalue weighted by atomic mass is 9.82. The monoisotopic (exact) mass is 213 g/mol. The van der Waals surface area contributed by atoms with E-state index in [1.165, 1.54) is 11.1 Å². The Hall–Kier alpha value is -1.54. The molecule has 16 heavy (non-hydrogen) atoms. The molecular formula is C14H15NO. The van der Waals surface area contributed by atoms with Gasteiger partial charge in [-0.05, 0) is 36.6 Å². The van der Waals surface area contributed by atoms with E-state index >= 15 is 0 Å². The van der Waals surface area contributed by atoms with Crippen molar-refractivity contribution < 1.29 is 4.42 Å². The predicted molar refractivity (Wildman–Crippen MR) is 63.3 cm³/mol. The molecule has 2 heteroatoms. The lowest BCUT2D eigenvalue weighted by Crippen LogP contribution is -2.45. The summed E-state index contributed by atoms with van der Waals surface area (Å²) in [5.74, 6) is 0.986. The van der Waals surface area contributed by atoms with Gasteiger partial charge in [0.25, 0.3) is 0 Å². The number of furan rings is 1. The Morgan fingerprint density at radius 1 is 1.19 bits per heavy atom. The van der Waals surface area contributed by atoms with Crippen molar-refractivity contribution in [2.24, 2.45) is 0 Å². The van der Waals surface area contributed by atoms with Gasteiger partial charge in [0, 0.05) is 6.54 Å². The lowest BCUT2D eigenvalue weighted by Gasteiger charge is -2.35. The van der Waals surface area contributed by atoms with E-state index in [-0.39, 0.29) is 5.54 Å². The first-order chi connectivity index (χ1) is 7.81. The molecule has 2 nitrogen and oxygen atoms in total. The molecule has 0 saturated carbocycles. The summed E-state index contributed by atoms with van der Waals surface area (Å²) in [5, 5.41) is 3.56. The van der Waals surface area contributed by atoms with Crippen LogP contribution >= 0.6 is 0 Å². The van der Waals surface area contributed by atoms with Crippen molar-refractivity contribution in [2.75, 3.05) is 6.54 Å². The molecule has 1 atom stereocenters. The molecule has 1 aliphatic heterocycles. The van der Waals surface area contributed by atoms with Gasteiger partial charge in [0.1, 0.15) is 5.76 Å². The molecule has 1 unspecified atom stereocenters. The molecule has 1 aliphatic rings. The van der Waals surface area contributed by atoms with E-state index in [9.17, 15) is 0 Å². The number of rotatable bonds is 1. The average Bonchev–Trinajstić information content (AvgIpc) is 2.84. The Kier molecular flexibility index (Phi) is 2.11. The highest BCUT2D eigenvalue weighted by Crippen LogP contribution is 2.34. The number of fused-ring (bicyclic) bond motifs is 1. The van der Waals surface area contributed by atoms with Crippen molar-refractivity contribution in [1.82, 2.24) is 5.32 Å². The van der Waals surface area contributed by atoms with Crippen LogP contribution in [0.5, 0.6) is 0 Å². The third-order valence-corrected chi connectivity index (χ3v) is 3.44. The normalized spacial score (nSPS) is 24.1. The molecule has 0 amide bonds. The van der Waals surface area contributed by atoms with Gasteiger partial charge in [0.2, 0.25) is 0 Å². The van der Waals surface area contributed by atoms with E-state index in [0.717, 1.165) is 18.7 Å². The van der Waals surface area contributed by atoms with E-state index in [0.29, 0.717) is 0 Å². The first kappa shape index (κ1) is 9.67. The van der Waals surface area contributed by atoms with Crippen LogP contribution in [-0.4, -0.2) is 6.54 Å². The minimum absolute atomic E-state index is 0.182. The molecule has 2 aromatic rings.